The number of carboxylic acid groups (broad SMARTS) is 1. The Bertz CT molecular complexity index is 333. The molecule has 0 amide bonds. The van der Waals surface area contributed by atoms with E-state index in [1.807, 2.05) is 4.90 Å². The van der Waals surface area contributed by atoms with E-state index in [9.17, 15) is 25.2 Å². The third-order valence-corrected chi connectivity index (χ3v) is 4.24. The van der Waals surface area contributed by atoms with Crippen molar-refractivity contribution in [3.05, 3.63) is 0 Å². The van der Waals surface area contributed by atoms with Crippen LogP contribution in [0.2, 0.25) is 0 Å². The number of aliphatic carboxylic acids is 1. The zero-order valence-electron chi connectivity index (χ0n) is 12.6. The molecule has 0 bridgehead atoms. The summed E-state index contributed by atoms with van der Waals surface area (Å²) in [6.45, 7) is 0.835. The number of carbonyl (C=O) groups is 1. The summed E-state index contributed by atoms with van der Waals surface area (Å²) in [5.74, 6) is -0.436. The maximum atomic E-state index is 10.5. The molecule has 1 saturated heterocycles. The highest BCUT2D eigenvalue weighted by Gasteiger charge is 2.31. The van der Waals surface area contributed by atoms with Crippen molar-refractivity contribution in [1.82, 2.24) is 4.90 Å². The quantitative estimate of drug-likeness (QED) is 0.286. The van der Waals surface area contributed by atoms with Crippen molar-refractivity contribution in [1.29, 1.82) is 0 Å². The molecule has 8 heteroatoms. The van der Waals surface area contributed by atoms with E-state index in [1.165, 1.54) is 0 Å². The van der Waals surface area contributed by atoms with Crippen molar-refractivity contribution >= 4 is 5.97 Å². The third kappa shape index (κ3) is 6.15. The molecule has 1 aliphatic rings. The van der Waals surface area contributed by atoms with E-state index in [0.29, 0.717) is 25.4 Å². The van der Waals surface area contributed by atoms with Crippen LogP contribution in [0.5, 0.6) is 0 Å². The van der Waals surface area contributed by atoms with Crippen LogP contribution in [0.4, 0.5) is 0 Å². The summed E-state index contributed by atoms with van der Waals surface area (Å²) in [6.07, 6.45) is -3.39. The molecule has 130 valence electrons. The minimum Gasteiger partial charge on any atom is -0.481 e. The molecule has 1 fully saturated rings. The van der Waals surface area contributed by atoms with Crippen LogP contribution < -0.4 is 0 Å². The average Bonchev–Trinajstić information content (AvgIpc) is 2.51. The van der Waals surface area contributed by atoms with Gasteiger partial charge in [-0.3, -0.25) is 4.79 Å². The molecule has 0 aromatic rings. The van der Waals surface area contributed by atoms with Crippen molar-refractivity contribution < 1.29 is 35.4 Å². The Labute approximate surface area is 129 Å². The van der Waals surface area contributed by atoms with Gasteiger partial charge < -0.3 is 35.5 Å². The number of carboxylic acids is 1. The van der Waals surface area contributed by atoms with Crippen LogP contribution in [-0.2, 0) is 4.79 Å². The molecule has 0 aromatic heterocycles. The standard InChI is InChI=1S/C14H27NO7/c16-8-11(18)14(22)13(21)10(17)7-15-5-3-9(4-6-15)1-2-12(19)20/h9-11,13-14,16-18,21-22H,1-8H2,(H,19,20)/t10-,11+,13+,14+/m0/s1. The Balaban J connectivity index is 2.32. The fourth-order valence-corrected chi connectivity index (χ4v) is 2.72. The number of nitrogens with zero attached hydrogens (tertiary/aromatic N) is 1. The van der Waals surface area contributed by atoms with Crippen molar-refractivity contribution in [3.63, 3.8) is 0 Å². The largest absolute Gasteiger partial charge is 0.481 e. The Hall–Kier alpha value is -0.770. The lowest BCUT2D eigenvalue weighted by Crippen LogP contribution is -2.50. The Kier molecular flexibility index (Phi) is 8.23. The van der Waals surface area contributed by atoms with Crippen molar-refractivity contribution in [2.24, 2.45) is 5.92 Å². The molecule has 0 aliphatic carbocycles. The highest BCUT2D eigenvalue weighted by atomic mass is 16.4. The van der Waals surface area contributed by atoms with Gasteiger partial charge in [-0.05, 0) is 38.3 Å². The summed E-state index contributed by atoms with van der Waals surface area (Å²) in [7, 11) is 0. The first-order chi connectivity index (χ1) is 10.3. The van der Waals surface area contributed by atoms with Gasteiger partial charge in [0.15, 0.2) is 0 Å². The van der Waals surface area contributed by atoms with Crippen molar-refractivity contribution in [2.75, 3.05) is 26.2 Å². The first kappa shape index (κ1) is 19.3. The Morgan fingerprint density at radius 1 is 1.05 bits per heavy atom. The summed E-state index contributed by atoms with van der Waals surface area (Å²) in [6, 6.07) is 0. The van der Waals surface area contributed by atoms with Gasteiger partial charge in [-0.15, -0.1) is 0 Å². The van der Waals surface area contributed by atoms with Gasteiger partial charge in [0.1, 0.15) is 18.3 Å². The molecule has 22 heavy (non-hydrogen) atoms. The van der Waals surface area contributed by atoms with Gasteiger partial charge in [0.2, 0.25) is 0 Å². The van der Waals surface area contributed by atoms with Gasteiger partial charge in [0.25, 0.3) is 0 Å². The summed E-state index contributed by atoms with van der Waals surface area (Å²) in [4.78, 5) is 12.5. The number of likely N-dealkylation sites (tertiary alicyclic amines) is 1. The maximum absolute atomic E-state index is 10.5. The molecule has 0 saturated carbocycles. The van der Waals surface area contributed by atoms with E-state index in [0.717, 1.165) is 12.8 Å². The van der Waals surface area contributed by atoms with Crippen LogP contribution in [-0.4, -0.2) is 92.2 Å². The van der Waals surface area contributed by atoms with Crippen molar-refractivity contribution in [3.8, 4) is 0 Å². The predicted molar refractivity (Wildman–Crippen MR) is 77.1 cm³/mol. The highest BCUT2D eigenvalue weighted by Crippen LogP contribution is 2.22. The van der Waals surface area contributed by atoms with Gasteiger partial charge in [-0.25, -0.2) is 0 Å². The third-order valence-electron chi connectivity index (χ3n) is 4.24. The molecule has 0 spiro atoms. The van der Waals surface area contributed by atoms with E-state index in [2.05, 4.69) is 0 Å². The lowest BCUT2D eigenvalue weighted by Gasteiger charge is -2.35. The molecule has 1 aliphatic heterocycles. The zero-order chi connectivity index (χ0) is 16.7. The van der Waals surface area contributed by atoms with E-state index in [1.54, 1.807) is 0 Å². The fourth-order valence-electron chi connectivity index (χ4n) is 2.72. The van der Waals surface area contributed by atoms with Crippen LogP contribution in [0.3, 0.4) is 0 Å². The number of piperidine rings is 1. The van der Waals surface area contributed by atoms with Gasteiger partial charge in [0.05, 0.1) is 12.7 Å². The number of hydrogen-bond donors (Lipinski definition) is 6. The maximum Gasteiger partial charge on any atom is 0.303 e. The average molecular weight is 321 g/mol. The smallest absolute Gasteiger partial charge is 0.303 e. The molecule has 0 radical (unpaired) electrons. The number of rotatable bonds is 9. The number of aliphatic hydroxyl groups is 5. The normalized spacial score (nSPS) is 23.0. The fraction of sp³-hybridized carbons (Fsp3) is 0.929. The monoisotopic (exact) mass is 321 g/mol. The molecular weight excluding hydrogens is 294 g/mol. The Morgan fingerprint density at radius 3 is 2.09 bits per heavy atom. The molecule has 0 aromatic carbocycles. The SMILES string of the molecule is O=C(O)CCC1CCN(C[C@H](O)[C@@H](O)[C@H](O)[C@H](O)CO)CC1. The van der Waals surface area contributed by atoms with Gasteiger partial charge in [-0.1, -0.05) is 0 Å². The second-order valence-electron chi connectivity index (χ2n) is 5.97. The van der Waals surface area contributed by atoms with Crippen LogP contribution in [0.15, 0.2) is 0 Å². The molecule has 4 atom stereocenters. The first-order valence-corrected chi connectivity index (χ1v) is 7.62. The Morgan fingerprint density at radius 2 is 1.59 bits per heavy atom. The number of aliphatic hydroxyl groups excluding tert-OH is 5. The van der Waals surface area contributed by atoms with E-state index in [-0.39, 0.29) is 13.0 Å². The summed E-state index contributed by atoms with van der Waals surface area (Å²) in [5, 5.41) is 55.9. The summed E-state index contributed by atoms with van der Waals surface area (Å²) >= 11 is 0. The lowest BCUT2D eigenvalue weighted by atomic mass is 9.92. The number of β-amino-alcohol motifs (C(OH)–C–C–N with tert-alkyl or cyclic N) is 1. The minimum absolute atomic E-state index is 0.155. The topological polar surface area (TPSA) is 142 Å². The lowest BCUT2D eigenvalue weighted by molar-refractivity contribution is -0.137. The highest BCUT2D eigenvalue weighted by molar-refractivity contribution is 5.66. The number of hydrogen-bond acceptors (Lipinski definition) is 7. The molecule has 8 nitrogen and oxygen atoms in total. The van der Waals surface area contributed by atoms with Crippen LogP contribution in [0, 0.1) is 5.92 Å². The molecule has 1 rings (SSSR count). The molecular formula is C14H27NO7. The zero-order valence-corrected chi connectivity index (χ0v) is 12.6. The van der Waals surface area contributed by atoms with Gasteiger partial charge in [0, 0.05) is 13.0 Å². The van der Waals surface area contributed by atoms with Gasteiger partial charge in [-0.2, -0.15) is 0 Å². The first-order valence-electron chi connectivity index (χ1n) is 7.62. The van der Waals surface area contributed by atoms with Crippen LogP contribution in [0.25, 0.3) is 0 Å². The van der Waals surface area contributed by atoms with Crippen LogP contribution in [0.1, 0.15) is 25.7 Å². The van der Waals surface area contributed by atoms with E-state index < -0.39 is 37.0 Å². The molecule has 1 heterocycles. The second kappa shape index (κ2) is 9.39. The molecule has 0 unspecified atom stereocenters. The second-order valence-corrected chi connectivity index (χ2v) is 5.97. The van der Waals surface area contributed by atoms with Gasteiger partial charge >= 0.3 is 5.97 Å². The summed E-state index contributed by atoms with van der Waals surface area (Å²) in [5.41, 5.74) is 0. The summed E-state index contributed by atoms with van der Waals surface area (Å²) < 4.78 is 0. The van der Waals surface area contributed by atoms with Crippen LogP contribution >= 0.6 is 0 Å². The van der Waals surface area contributed by atoms with E-state index >= 15 is 0 Å². The van der Waals surface area contributed by atoms with Crippen molar-refractivity contribution in [2.45, 2.75) is 50.1 Å². The minimum atomic E-state index is -1.60. The molecule has 6 N–H and O–H groups in total. The predicted octanol–water partition coefficient (Wildman–Crippen LogP) is -2.00. The van der Waals surface area contributed by atoms with E-state index in [4.69, 9.17) is 10.2 Å².